The monoisotopic (exact) mass is 448 g/mol. The second kappa shape index (κ2) is 8.52. The van der Waals surface area contributed by atoms with Gasteiger partial charge in [0.05, 0.1) is 23.6 Å². The lowest BCUT2D eigenvalue weighted by Crippen LogP contribution is -2.22. The number of fused-ring (bicyclic) bond motifs is 1. The molecular weight excluding hydrogens is 420 g/mol. The zero-order valence-corrected chi connectivity index (χ0v) is 19.7. The highest BCUT2D eigenvalue weighted by Crippen LogP contribution is 2.42. The molecule has 1 aliphatic heterocycles. The van der Waals surface area contributed by atoms with E-state index in [0.717, 1.165) is 36.3 Å². The molecule has 1 saturated heterocycles. The Morgan fingerprint density at radius 1 is 1.33 bits per heavy atom. The standard InChI is InChI=1S/C24H29ClO4S/c1-14-18-11-24(2,3)8-7-17(18)23(30-14)20(26)6-5-15-9-19(25)22(21(10-15)27-4)29-13-16-12-28-16/h9-10,16H,5-8,11-13H2,1-4H3. The fourth-order valence-corrected chi connectivity index (χ4v) is 5.62. The Morgan fingerprint density at radius 2 is 2.10 bits per heavy atom. The maximum absolute atomic E-state index is 13.1. The Labute approximate surface area is 187 Å². The first-order valence-corrected chi connectivity index (χ1v) is 11.7. The van der Waals surface area contributed by atoms with E-state index < -0.39 is 0 Å². The number of ether oxygens (including phenoxy) is 3. The Kier molecular flexibility index (Phi) is 6.16. The summed E-state index contributed by atoms with van der Waals surface area (Å²) in [4.78, 5) is 15.3. The molecule has 0 spiro atoms. The number of ketones is 1. The van der Waals surface area contributed by atoms with Gasteiger partial charge in [-0.2, -0.15) is 0 Å². The van der Waals surface area contributed by atoms with Crippen molar-refractivity contribution < 1.29 is 19.0 Å². The van der Waals surface area contributed by atoms with Crippen molar-refractivity contribution >= 4 is 28.7 Å². The van der Waals surface area contributed by atoms with Gasteiger partial charge in [0.25, 0.3) is 0 Å². The number of carbonyl (C=O) groups excluding carboxylic acids is 1. The van der Waals surface area contributed by atoms with E-state index in [-0.39, 0.29) is 11.9 Å². The minimum absolute atomic E-state index is 0.147. The van der Waals surface area contributed by atoms with Crippen LogP contribution in [0.15, 0.2) is 12.1 Å². The van der Waals surface area contributed by atoms with Crippen LogP contribution in [0.3, 0.4) is 0 Å². The van der Waals surface area contributed by atoms with Gasteiger partial charge in [0.2, 0.25) is 0 Å². The molecule has 0 radical (unpaired) electrons. The number of carbonyl (C=O) groups is 1. The highest BCUT2D eigenvalue weighted by atomic mass is 35.5. The third-order valence-corrected chi connectivity index (χ3v) is 7.54. The number of epoxide rings is 1. The van der Waals surface area contributed by atoms with E-state index in [9.17, 15) is 4.79 Å². The van der Waals surface area contributed by atoms with E-state index >= 15 is 0 Å². The first-order valence-electron chi connectivity index (χ1n) is 10.5. The molecule has 2 aromatic rings. The fourth-order valence-electron chi connectivity index (χ4n) is 4.15. The summed E-state index contributed by atoms with van der Waals surface area (Å²) in [6, 6.07) is 3.79. The molecule has 1 aromatic carbocycles. The molecule has 0 saturated carbocycles. The number of Topliss-reactive ketones (excluding diaryl/α,β-unsaturated/α-hetero) is 1. The second-order valence-corrected chi connectivity index (χ2v) is 10.7. The van der Waals surface area contributed by atoms with Crippen molar-refractivity contribution in [1.29, 1.82) is 0 Å². The van der Waals surface area contributed by atoms with Crippen molar-refractivity contribution in [3.63, 3.8) is 0 Å². The summed E-state index contributed by atoms with van der Waals surface area (Å²) in [5.74, 6) is 1.36. The molecule has 0 N–H and O–H groups in total. The van der Waals surface area contributed by atoms with E-state index in [4.69, 9.17) is 25.8 Å². The normalized spacial score (nSPS) is 19.3. The summed E-state index contributed by atoms with van der Waals surface area (Å²) < 4.78 is 16.4. The second-order valence-electron chi connectivity index (χ2n) is 9.08. The smallest absolute Gasteiger partial charge is 0.179 e. The number of rotatable bonds is 8. The van der Waals surface area contributed by atoms with Gasteiger partial charge in [0, 0.05) is 11.3 Å². The van der Waals surface area contributed by atoms with E-state index in [1.54, 1.807) is 18.4 Å². The maximum Gasteiger partial charge on any atom is 0.179 e. The molecule has 1 fully saturated rings. The Hall–Kier alpha value is -1.56. The summed E-state index contributed by atoms with van der Waals surface area (Å²) in [6.07, 6.45) is 4.44. The lowest BCUT2D eigenvalue weighted by Gasteiger charge is -2.30. The van der Waals surface area contributed by atoms with Crippen LogP contribution in [-0.2, 0) is 24.0 Å². The Bertz CT molecular complexity index is 959. The molecule has 0 amide bonds. The summed E-state index contributed by atoms with van der Waals surface area (Å²) in [5, 5.41) is 0.504. The third-order valence-electron chi connectivity index (χ3n) is 6.02. The number of benzene rings is 1. The summed E-state index contributed by atoms with van der Waals surface area (Å²) in [5.41, 5.74) is 4.00. The molecular formula is C24H29ClO4S. The van der Waals surface area contributed by atoms with E-state index in [0.29, 0.717) is 41.4 Å². The SMILES string of the molecule is COc1cc(CCC(=O)c2sc(C)c3c2CCC(C)(C)C3)cc(Cl)c1OCC1CO1. The molecule has 2 heterocycles. The highest BCUT2D eigenvalue weighted by Gasteiger charge is 2.31. The van der Waals surface area contributed by atoms with Gasteiger partial charge in [-0.25, -0.2) is 0 Å². The van der Waals surface area contributed by atoms with Crippen LogP contribution < -0.4 is 9.47 Å². The predicted octanol–water partition coefficient (Wildman–Crippen LogP) is 5.83. The lowest BCUT2D eigenvalue weighted by atomic mass is 9.74. The molecule has 6 heteroatoms. The largest absolute Gasteiger partial charge is 0.493 e. The Balaban J connectivity index is 1.46. The molecule has 1 aliphatic carbocycles. The van der Waals surface area contributed by atoms with Crippen molar-refractivity contribution in [3.05, 3.63) is 43.6 Å². The minimum Gasteiger partial charge on any atom is -0.493 e. The number of halogens is 1. The van der Waals surface area contributed by atoms with E-state index in [2.05, 4.69) is 20.8 Å². The maximum atomic E-state index is 13.1. The average molecular weight is 449 g/mol. The first kappa shape index (κ1) is 21.7. The number of methoxy groups -OCH3 is 1. The van der Waals surface area contributed by atoms with Crippen LogP contribution in [0.25, 0.3) is 0 Å². The molecule has 0 bridgehead atoms. The van der Waals surface area contributed by atoms with Gasteiger partial charge >= 0.3 is 0 Å². The molecule has 1 unspecified atom stereocenters. The topological polar surface area (TPSA) is 48.1 Å². The van der Waals surface area contributed by atoms with Gasteiger partial charge in [0.1, 0.15) is 12.7 Å². The Morgan fingerprint density at radius 3 is 2.80 bits per heavy atom. The molecule has 2 aliphatic rings. The van der Waals surface area contributed by atoms with Crippen LogP contribution in [0.5, 0.6) is 11.5 Å². The van der Waals surface area contributed by atoms with Crippen molar-refractivity contribution in [2.24, 2.45) is 5.41 Å². The summed E-state index contributed by atoms with van der Waals surface area (Å²) in [7, 11) is 1.60. The van der Waals surface area contributed by atoms with Crippen LogP contribution in [-0.4, -0.2) is 32.2 Å². The fraction of sp³-hybridized carbons (Fsp3) is 0.542. The molecule has 4 nitrogen and oxygen atoms in total. The summed E-state index contributed by atoms with van der Waals surface area (Å²) >= 11 is 8.12. The van der Waals surface area contributed by atoms with E-state index in [1.807, 2.05) is 12.1 Å². The number of thiophene rings is 1. The van der Waals surface area contributed by atoms with Gasteiger partial charge in [-0.05, 0) is 66.8 Å². The quantitative estimate of drug-likeness (QED) is 0.376. The van der Waals surface area contributed by atoms with Crippen molar-refractivity contribution in [3.8, 4) is 11.5 Å². The van der Waals surface area contributed by atoms with Crippen LogP contribution in [0.1, 0.15) is 57.9 Å². The molecule has 1 aromatic heterocycles. The van der Waals surface area contributed by atoms with Gasteiger partial charge in [-0.15, -0.1) is 11.3 Å². The zero-order valence-electron chi connectivity index (χ0n) is 18.1. The van der Waals surface area contributed by atoms with Crippen LogP contribution in [0.4, 0.5) is 0 Å². The van der Waals surface area contributed by atoms with Crippen molar-refractivity contribution in [2.75, 3.05) is 20.3 Å². The third kappa shape index (κ3) is 4.68. The lowest BCUT2D eigenvalue weighted by molar-refractivity contribution is 0.0985. The number of hydrogen-bond donors (Lipinski definition) is 0. The van der Waals surface area contributed by atoms with Crippen LogP contribution in [0.2, 0.25) is 5.02 Å². The van der Waals surface area contributed by atoms with E-state index in [1.165, 1.54) is 16.0 Å². The van der Waals surface area contributed by atoms with Crippen molar-refractivity contribution in [2.45, 2.75) is 59.0 Å². The van der Waals surface area contributed by atoms with Gasteiger partial charge in [0.15, 0.2) is 17.3 Å². The average Bonchev–Trinajstić information content (AvgIpc) is 3.47. The number of aryl methyl sites for hydroxylation is 2. The molecule has 1 atom stereocenters. The molecule has 4 rings (SSSR count). The van der Waals surface area contributed by atoms with Gasteiger partial charge in [-0.3, -0.25) is 4.79 Å². The predicted molar refractivity (Wildman–Crippen MR) is 121 cm³/mol. The molecule has 30 heavy (non-hydrogen) atoms. The summed E-state index contributed by atoms with van der Waals surface area (Å²) in [6.45, 7) is 7.97. The van der Waals surface area contributed by atoms with Gasteiger partial charge < -0.3 is 14.2 Å². The van der Waals surface area contributed by atoms with Crippen molar-refractivity contribution in [1.82, 2.24) is 0 Å². The minimum atomic E-state index is 0.147. The van der Waals surface area contributed by atoms with Crippen LogP contribution >= 0.6 is 22.9 Å². The van der Waals surface area contributed by atoms with Gasteiger partial charge in [-0.1, -0.05) is 25.4 Å². The zero-order chi connectivity index (χ0) is 21.5. The van der Waals surface area contributed by atoms with Crippen LogP contribution in [0, 0.1) is 12.3 Å². The highest BCUT2D eigenvalue weighted by molar-refractivity contribution is 7.14. The first-order chi connectivity index (χ1) is 14.3. The molecule has 162 valence electrons. The number of hydrogen-bond acceptors (Lipinski definition) is 5.